The Balaban J connectivity index is 1.42. The van der Waals surface area contributed by atoms with Gasteiger partial charge in [0, 0.05) is 24.9 Å². The Hall–Kier alpha value is -3.18. The minimum atomic E-state index is -0.902. The van der Waals surface area contributed by atoms with Crippen molar-refractivity contribution in [1.29, 1.82) is 0 Å². The van der Waals surface area contributed by atoms with Gasteiger partial charge >= 0.3 is 0 Å². The highest BCUT2D eigenvalue weighted by Gasteiger charge is 2.71. The number of aliphatic hydroxyl groups is 1. The first-order valence-electron chi connectivity index (χ1n) is 13.8. The number of hydrogen-bond donors (Lipinski definition) is 1. The molecule has 39 heavy (non-hydrogen) atoms. The second-order valence-corrected chi connectivity index (χ2v) is 12.2. The summed E-state index contributed by atoms with van der Waals surface area (Å²) in [6.45, 7) is 5.38. The second kappa shape index (κ2) is 10.1. The minimum Gasteiger partial charge on any atom is -0.394 e. The third kappa shape index (κ3) is 3.92. The summed E-state index contributed by atoms with van der Waals surface area (Å²) in [5, 5.41) is 18.6. The number of nitrogens with zero attached hydrogens (tertiary/aromatic N) is 6. The standard InChI is InChI=1S/C28H34N6O4S/c1-3-13-31-14-7-11-21-22(25(31)36)23-26(37)34(18(4-2)16-35)24-27(38)32(15-8-12-28(23,24)39-21)17-33-20-10-6-5-9-19(20)29-30-33/h5-12,18,21-24,35H,3-4,13-17H2,1-2H3/t18-,21+,22-,23-,24?,28-/m0/s1. The summed E-state index contributed by atoms with van der Waals surface area (Å²) in [6.07, 6.45) is 9.36. The highest BCUT2D eigenvalue weighted by atomic mass is 32.2. The van der Waals surface area contributed by atoms with Crippen LogP contribution in [-0.2, 0) is 21.1 Å². The molecule has 0 saturated carbocycles. The van der Waals surface area contributed by atoms with E-state index in [1.165, 1.54) is 0 Å². The van der Waals surface area contributed by atoms with Crippen molar-refractivity contribution >= 4 is 40.5 Å². The number of thioether (sulfide) groups is 1. The van der Waals surface area contributed by atoms with Gasteiger partial charge in [0.05, 0.1) is 34.7 Å². The Kier molecular flexibility index (Phi) is 6.74. The van der Waals surface area contributed by atoms with E-state index in [1.807, 2.05) is 61.2 Å². The quantitative estimate of drug-likeness (QED) is 0.522. The van der Waals surface area contributed by atoms with Crippen LogP contribution in [0.4, 0.5) is 0 Å². The lowest BCUT2D eigenvalue weighted by Gasteiger charge is -2.38. The van der Waals surface area contributed by atoms with Crippen LogP contribution in [0.5, 0.6) is 0 Å². The predicted octanol–water partition coefficient (Wildman–Crippen LogP) is 1.66. The lowest BCUT2D eigenvalue weighted by atomic mass is 9.78. The maximum atomic E-state index is 14.5. The summed E-state index contributed by atoms with van der Waals surface area (Å²) in [4.78, 5) is 47.8. The molecule has 0 bridgehead atoms. The lowest BCUT2D eigenvalue weighted by molar-refractivity contribution is -0.147. The molecule has 2 fully saturated rings. The number of carbonyl (C=O) groups excluding carboxylic acids is 3. The van der Waals surface area contributed by atoms with Crippen LogP contribution in [0.2, 0.25) is 0 Å². The van der Waals surface area contributed by atoms with Gasteiger partial charge in [0.15, 0.2) is 0 Å². The highest BCUT2D eigenvalue weighted by Crippen LogP contribution is 2.61. The van der Waals surface area contributed by atoms with Crippen LogP contribution < -0.4 is 0 Å². The Morgan fingerprint density at radius 3 is 2.64 bits per heavy atom. The van der Waals surface area contributed by atoms with Gasteiger partial charge in [-0.3, -0.25) is 14.4 Å². The summed E-state index contributed by atoms with van der Waals surface area (Å²) in [5.74, 6) is -1.68. The molecule has 2 aromatic rings. The van der Waals surface area contributed by atoms with Crippen molar-refractivity contribution in [2.45, 2.75) is 55.4 Å². The summed E-state index contributed by atoms with van der Waals surface area (Å²) in [5.41, 5.74) is 1.56. The molecule has 11 heteroatoms. The van der Waals surface area contributed by atoms with Crippen molar-refractivity contribution in [2.24, 2.45) is 11.8 Å². The fraction of sp³-hybridized carbons (Fsp3) is 0.536. The number of likely N-dealkylation sites (tertiary alicyclic amines) is 1. The predicted molar refractivity (Wildman–Crippen MR) is 147 cm³/mol. The van der Waals surface area contributed by atoms with E-state index in [4.69, 9.17) is 0 Å². The molecule has 3 amide bonds. The monoisotopic (exact) mass is 550 g/mol. The van der Waals surface area contributed by atoms with Gasteiger partial charge in [-0.15, -0.1) is 16.9 Å². The molecule has 1 aromatic heterocycles. The third-order valence-corrected chi connectivity index (χ3v) is 10.3. The van der Waals surface area contributed by atoms with Gasteiger partial charge in [-0.1, -0.05) is 55.5 Å². The van der Waals surface area contributed by atoms with E-state index < -0.39 is 28.7 Å². The molecule has 1 aromatic carbocycles. The normalized spacial score (nSPS) is 30.9. The van der Waals surface area contributed by atoms with Crippen LogP contribution in [0.25, 0.3) is 11.0 Å². The molecule has 1 N–H and O–H groups in total. The van der Waals surface area contributed by atoms with Crippen molar-refractivity contribution in [3.63, 3.8) is 0 Å². The van der Waals surface area contributed by atoms with E-state index >= 15 is 0 Å². The molecule has 0 radical (unpaired) electrons. The number of amides is 3. The number of aliphatic hydroxyl groups excluding tert-OH is 1. The smallest absolute Gasteiger partial charge is 0.248 e. The van der Waals surface area contributed by atoms with E-state index in [1.54, 1.807) is 26.2 Å². The van der Waals surface area contributed by atoms with E-state index in [9.17, 15) is 19.5 Å². The summed E-state index contributed by atoms with van der Waals surface area (Å²) in [7, 11) is 0. The summed E-state index contributed by atoms with van der Waals surface area (Å²) in [6, 6.07) is 6.23. The van der Waals surface area contributed by atoms with Crippen LogP contribution in [0, 0.1) is 11.8 Å². The Morgan fingerprint density at radius 1 is 1.08 bits per heavy atom. The number of hydrogen-bond acceptors (Lipinski definition) is 7. The molecule has 0 aliphatic carbocycles. The van der Waals surface area contributed by atoms with Gasteiger partial charge in [0.1, 0.15) is 18.2 Å². The van der Waals surface area contributed by atoms with Crippen molar-refractivity contribution < 1.29 is 19.5 Å². The maximum Gasteiger partial charge on any atom is 0.248 e. The minimum absolute atomic E-state index is 0.0248. The van der Waals surface area contributed by atoms with Gasteiger partial charge in [0.25, 0.3) is 0 Å². The first-order chi connectivity index (χ1) is 18.9. The fourth-order valence-corrected chi connectivity index (χ4v) is 8.76. The second-order valence-electron chi connectivity index (χ2n) is 10.7. The highest BCUT2D eigenvalue weighted by molar-refractivity contribution is 8.02. The average Bonchev–Trinajstić information content (AvgIpc) is 3.50. The van der Waals surface area contributed by atoms with Gasteiger partial charge < -0.3 is 19.8 Å². The Morgan fingerprint density at radius 2 is 1.87 bits per heavy atom. The molecular weight excluding hydrogens is 516 g/mol. The summed E-state index contributed by atoms with van der Waals surface area (Å²) >= 11 is 1.56. The van der Waals surface area contributed by atoms with Gasteiger partial charge in [-0.2, -0.15) is 0 Å². The topological polar surface area (TPSA) is 112 Å². The van der Waals surface area contributed by atoms with Crippen molar-refractivity contribution in [2.75, 3.05) is 26.2 Å². The van der Waals surface area contributed by atoms with Crippen LogP contribution in [0.15, 0.2) is 48.6 Å². The maximum absolute atomic E-state index is 14.5. The molecule has 4 aliphatic rings. The molecule has 5 heterocycles. The zero-order valence-electron chi connectivity index (χ0n) is 22.2. The number of rotatable bonds is 7. The Bertz CT molecular complexity index is 1350. The van der Waals surface area contributed by atoms with E-state index in [0.29, 0.717) is 26.1 Å². The molecule has 1 unspecified atom stereocenters. The molecule has 2 saturated heterocycles. The first-order valence-corrected chi connectivity index (χ1v) is 14.6. The van der Waals surface area contributed by atoms with Crippen LogP contribution >= 0.6 is 11.8 Å². The molecular formula is C28H34N6O4S. The SMILES string of the molecule is CCCN1CC=C[C@H]2S[C@]34C=CCN(Cn5nnc6ccccc65)C(=O)C3N([C@@H](CC)CO)C(=O)[C@@H]4[C@H]2C1=O. The van der Waals surface area contributed by atoms with Gasteiger partial charge in [-0.25, -0.2) is 4.68 Å². The number of fused-ring (bicyclic) bond motifs is 3. The molecule has 4 aliphatic heterocycles. The van der Waals surface area contributed by atoms with Crippen molar-refractivity contribution in [3.8, 4) is 0 Å². The molecule has 6 atom stereocenters. The van der Waals surface area contributed by atoms with E-state index in [0.717, 1.165) is 17.5 Å². The number of para-hydroxylation sites is 1. The first kappa shape index (κ1) is 26.1. The zero-order chi connectivity index (χ0) is 27.3. The molecule has 6 rings (SSSR count). The Labute approximate surface area is 231 Å². The molecule has 206 valence electrons. The fourth-order valence-electron chi connectivity index (χ4n) is 6.76. The summed E-state index contributed by atoms with van der Waals surface area (Å²) < 4.78 is 0.794. The number of aromatic nitrogens is 3. The van der Waals surface area contributed by atoms with Crippen LogP contribution in [-0.4, -0.2) is 101 Å². The number of benzene rings is 1. The largest absolute Gasteiger partial charge is 0.394 e. The van der Waals surface area contributed by atoms with Crippen LogP contribution in [0.3, 0.4) is 0 Å². The van der Waals surface area contributed by atoms with Gasteiger partial charge in [-0.05, 0) is 25.0 Å². The molecule has 1 spiro atoms. The zero-order valence-corrected chi connectivity index (χ0v) is 23.0. The third-order valence-electron chi connectivity index (χ3n) is 8.56. The van der Waals surface area contributed by atoms with Crippen LogP contribution in [0.1, 0.15) is 26.7 Å². The van der Waals surface area contributed by atoms with E-state index in [2.05, 4.69) is 16.4 Å². The van der Waals surface area contributed by atoms with Gasteiger partial charge in [0.2, 0.25) is 17.7 Å². The van der Waals surface area contributed by atoms with Crippen molar-refractivity contribution in [3.05, 3.63) is 48.6 Å². The number of carbonyl (C=O) groups is 3. The van der Waals surface area contributed by atoms with E-state index in [-0.39, 0.29) is 36.2 Å². The molecule has 10 nitrogen and oxygen atoms in total. The lowest BCUT2D eigenvalue weighted by Crippen LogP contribution is -2.56. The van der Waals surface area contributed by atoms with Crippen molar-refractivity contribution in [1.82, 2.24) is 29.7 Å². The average molecular weight is 551 g/mol.